The molecule has 0 aliphatic heterocycles. The maximum Gasteiger partial charge on any atom is 0.224 e. The molecular formula is C16H20ClN3O. The summed E-state index contributed by atoms with van der Waals surface area (Å²) >= 11 is 0. The van der Waals surface area contributed by atoms with E-state index in [1.165, 1.54) is 5.56 Å². The highest BCUT2D eigenvalue weighted by Gasteiger charge is 2.02. The number of rotatable bonds is 6. The first-order chi connectivity index (χ1) is 9.78. The second kappa shape index (κ2) is 9.00. The summed E-state index contributed by atoms with van der Waals surface area (Å²) in [6, 6.07) is 17.6. The van der Waals surface area contributed by atoms with Crippen LogP contribution in [0.2, 0.25) is 0 Å². The Bertz CT molecular complexity index is 543. The standard InChI is InChI=1S/C16H19N3O.ClH/c17-19-15-8-6-13(7-9-15)10-11-18-16(20)12-14-4-2-1-3-5-14;/h1-9,19H,10-12,17H2,(H,18,20);1H. The summed E-state index contributed by atoms with van der Waals surface area (Å²) in [5.41, 5.74) is 5.66. The van der Waals surface area contributed by atoms with Crippen LogP contribution in [0.3, 0.4) is 0 Å². The van der Waals surface area contributed by atoms with Crippen molar-refractivity contribution in [1.82, 2.24) is 5.32 Å². The van der Waals surface area contributed by atoms with Crippen LogP contribution >= 0.6 is 12.4 Å². The zero-order valence-corrected chi connectivity index (χ0v) is 12.5. The molecule has 0 saturated carbocycles. The molecule has 0 atom stereocenters. The van der Waals surface area contributed by atoms with E-state index in [4.69, 9.17) is 5.84 Å². The van der Waals surface area contributed by atoms with Gasteiger partial charge in [-0.3, -0.25) is 10.6 Å². The highest BCUT2D eigenvalue weighted by atomic mass is 35.5. The number of benzene rings is 2. The third-order valence-corrected chi connectivity index (χ3v) is 3.06. The lowest BCUT2D eigenvalue weighted by molar-refractivity contribution is -0.120. The fraction of sp³-hybridized carbons (Fsp3) is 0.188. The van der Waals surface area contributed by atoms with E-state index in [-0.39, 0.29) is 18.3 Å². The van der Waals surface area contributed by atoms with E-state index in [0.717, 1.165) is 17.7 Å². The summed E-state index contributed by atoms with van der Waals surface area (Å²) in [4.78, 5) is 11.8. The topological polar surface area (TPSA) is 67.2 Å². The number of hydrogen-bond acceptors (Lipinski definition) is 3. The van der Waals surface area contributed by atoms with E-state index in [0.29, 0.717) is 13.0 Å². The Morgan fingerprint density at radius 3 is 2.24 bits per heavy atom. The molecule has 0 spiro atoms. The number of nitrogens with two attached hydrogens (primary N) is 1. The van der Waals surface area contributed by atoms with Crippen LogP contribution in [0.5, 0.6) is 0 Å². The average Bonchev–Trinajstić information content (AvgIpc) is 2.49. The molecule has 0 bridgehead atoms. The Hall–Kier alpha value is -2.04. The number of amides is 1. The minimum absolute atomic E-state index is 0. The molecule has 0 aromatic heterocycles. The maximum atomic E-state index is 11.8. The molecule has 4 nitrogen and oxygen atoms in total. The van der Waals surface area contributed by atoms with Crippen LogP contribution < -0.4 is 16.6 Å². The van der Waals surface area contributed by atoms with Crippen molar-refractivity contribution in [2.24, 2.45) is 5.84 Å². The zero-order valence-electron chi connectivity index (χ0n) is 11.7. The van der Waals surface area contributed by atoms with E-state index in [2.05, 4.69) is 10.7 Å². The lowest BCUT2D eigenvalue weighted by Crippen LogP contribution is -2.27. The van der Waals surface area contributed by atoms with Gasteiger partial charge in [0.05, 0.1) is 6.42 Å². The van der Waals surface area contributed by atoms with Crippen molar-refractivity contribution in [3.63, 3.8) is 0 Å². The van der Waals surface area contributed by atoms with Gasteiger partial charge in [0.25, 0.3) is 0 Å². The Labute approximate surface area is 131 Å². The summed E-state index contributed by atoms with van der Waals surface area (Å²) in [5, 5.41) is 2.93. The molecule has 0 aliphatic rings. The third-order valence-electron chi connectivity index (χ3n) is 3.06. The van der Waals surface area contributed by atoms with Crippen molar-refractivity contribution in [3.8, 4) is 0 Å². The average molecular weight is 306 g/mol. The Morgan fingerprint density at radius 2 is 1.62 bits per heavy atom. The predicted octanol–water partition coefficient (Wildman–Crippen LogP) is 2.30. The first-order valence-corrected chi connectivity index (χ1v) is 6.64. The molecule has 4 N–H and O–H groups in total. The molecule has 0 heterocycles. The van der Waals surface area contributed by atoms with Crippen LogP contribution in [0.4, 0.5) is 5.69 Å². The molecule has 0 saturated heterocycles. The summed E-state index contributed by atoms with van der Waals surface area (Å²) < 4.78 is 0. The molecule has 2 rings (SSSR count). The van der Waals surface area contributed by atoms with Gasteiger partial charge in [-0.25, -0.2) is 0 Å². The molecule has 1 amide bonds. The van der Waals surface area contributed by atoms with Gasteiger partial charge in [0, 0.05) is 12.2 Å². The van der Waals surface area contributed by atoms with Crippen LogP contribution in [-0.4, -0.2) is 12.5 Å². The van der Waals surface area contributed by atoms with E-state index < -0.39 is 0 Å². The fourth-order valence-corrected chi connectivity index (χ4v) is 1.96. The number of hydrogen-bond donors (Lipinski definition) is 3. The second-order valence-electron chi connectivity index (χ2n) is 4.60. The zero-order chi connectivity index (χ0) is 14.2. The largest absolute Gasteiger partial charge is 0.355 e. The fourth-order valence-electron chi connectivity index (χ4n) is 1.96. The van der Waals surface area contributed by atoms with Gasteiger partial charge in [0.1, 0.15) is 0 Å². The van der Waals surface area contributed by atoms with Crippen molar-refractivity contribution < 1.29 is 4.79 Å². The molecule has 0 radical (unpaired) electrons. The van der Waals surface area contributed by atoms with Gasteiger partial charge in [-0.2, -0.15) is 0 Å². The van der Waals surface area contributed by atoms with Gasteiger partial charge in [-0.1, -0.05) is 42.5 Å². The number of nitrogens with one attached hydrogen (secondary N) is 2. The van der Waals surface area contributed by atoms with Crippen LogP contribution in [0, 0.1) is 0 Å². The van der Waals surface area contributed by atoms with Crippen LogP contribution in [0.15, 0.2) is 54.6 Å². The Morgan fingerprint density at radius 1 is 0.952 bits per heavy atom. The van der Waals surface area contributed by atoms with Gasteiger partial charge < -0.3 is 10.7 Å². The van der Waals surface area contributed by atoms with E-state index in [1.54, 1.807) is 0 Å². The highest BCUT2D eigenvalue weighted by Crippen LogP contribution is 2.08. The second-order valence-corrected chi connectivity index (χ2v) is 4.60. The highest BCUT2D eigenvalue weighted by molar-refractivity contribution is 5.85. The van der Waals surface area contributed by atoms with Gasteiger partial charge in [-0.15, -0.1) is 12.4 Å². The van der Waals surface area contributed by atoms with Crippen LogP contribution in [-0.2, 0) is 17.6 Å². The molecule has 0 fully saturated rings. The minimum Gasteiger partial charge on any atom is -0.355 e. The first kappa shape index (κ1) is 17.0. The minimum atomic E-state index is 0. The molecule has 0 aliphatic carbocycles. The molecule has 0 unspecified atom stereocenters. The van der Waals surface area contributed by atoms with Crippen LogP contribution in [0.1, 0.15) is 11.1 Å². The number of halogens is 1. The number of hydrazine groups is 1. The number of carbonyl (C=O) groups is 1. The van der Waals surface area contributed by atoms with Crippen molar-refractivity contribution in [1.29, 1.82) is 0 Å². The molecule has 5 heteroatoms. The summed E-state index contributed by atoms with van der Waals surface area (Å²) in [6.45, 7) is 0.640. The number of carbonyl (C=O) groups excluding carboxylic acids is 1. The molecular weight excluding hydrogens is 286 g/mol. The first-order valence-electron chi connectivity index (χ1n) is 6.64. The number of anilines is 1. The van der Waals surface area contributed by atoms with Gasteiger partial charge >= 0.3 is 0 Å². The van der Waals surface area contributed by atoms with Crippen molar-refractivity contribution >= 4 is 24.0 Å². The van der Waals surface area contributed by atoms with Crippen molar-refractivity contribution in [2.45, 2.75) is 12.8 Å². The van der Waals surface area contributed by atoms with E-state index >= 15 is 0 Å². The lowest BCUT2D eigenvalue weighted by atomic mass is 10.1. The monoisotopic (exact) mass is 305 g/mol. The molecule has 2 aromatic carbocycles. The van der Waals surface area contributed by atoms with E-state index in [9.17, 15) is 4.79 Å². The van der Waals surface area contributed by atoms with Crippen molar-refractivity contribution in [3.05, 3.63) is 65.7 Å². The molecule has 112 valence electrons. The predicted molar refractivity (Wildman–Crippen MR) is 88.4 cm³/mol. The van der Waals surface area contributed by atoms with Crippen LogP contribution in [0.25, 0.3) is 0 Å². The summed E-state index contributed by atoms with van der Waals surface area (Å²) in [5.74, 6) is 5.36. The summed E-state index contributed by atoms with van der Waals surface area (Å²) in [6.07, 6.45) is 1.24. The Kier molecular flexibility index (Phi) is 7.29. The third kappa shape index (κ3) is 5.85. The maximum absolute atomic E-state index is 11.8. The quantitative estimate of drug-likeness (QED) is 0.566. The van der Waals surface area contributed by atoms with Gasteiger partial charge in [0.15, 0.2) is 0 Å². The van der Waals surface area contributed by atoms with E-state index in [1.807, 2.05) is 54.6 Å². The normalized spacial score (nSPS) is 9.57. The van der Waals surface area contributed by atoms with Crippen molar-refractivity contribution in [2.75, 3.05) is 12.0 Å². The molecule has 2 aromatic rings. The SMILES string of the molecule is Cl.NNc1ccc(CCNC(=O)Cc2ccccc2)cc1. The molecule has 21 heavy (non-hydrogen) atoms. The Balaban J connectivity index is 0.00000220. The lowest BCUT2D eigenvalue weighted by Gasteiger charge is -2.06. The van der Waals surface area contributed by atoms with Gasteiger partial charge in [-0.05, 0) is 29.7 Å². The smallest absolute Gasteiger partial charge is 0.224 e. The summed E-state index contributed by atoms with van der Waals surface area (Å²) in [7, 11) is 0. The van der Waals surface area contributed by atoms with Gasteiger partial charge in [0.2, 0.25) is 5.91 Å². The number of nitrogen functional groups attached to an aromatic ring is 1.